The van der Waals surface area contributed by atoms with Gasteiger partial charge in [-0.1, -0.05) is 77.8 Å². The van der Waals surface area contributed by atoms with E-state index in [9.17, 15) is 23.1 Å². The monoisotopic (exact) mass is 541 g/mol. The molecular weight excluding hydrogens is 521 g/mol. The Morgan fingerprint density at radius 3 is 2.06 bits per heavy atom. The highest BCUT2D eigenvalue weighted by Gasteiger charge is 2.29. The molecule has 0 aliphatic heterocycles. The van der Waals surface area contributed by atoms with Crippen molar-refractivity contribution >= 4 is 61.4 Å². The quantitative estimate of drug-likeness (QED) is 0.253. The first-order valence-electron chi connectivity index (χ1n) is 11.0. The normalized spacial score (nSPS) is 11.4. The van der Waals surface area contributed by atoms with Gasteiger partial charge in [-0.25, -0.2) is 8.42 Å². The molecule has 0 saturated heterocycles. The fourth-order valence-electron chi connectivity index (χ4n) is 4.01. The molecule has 4 rings (SSSR count). The van der Waals surface area contributed by atoms with E-state index in [0.29, 0.717) is 22.8 Å². The molecule has 0 aliphatic carbocycles. The number of carbonyl (C=O) groups excluding carboxylic acids is 1. The summed E-state index contributed by atoms with van der Waals surface area (Å²) in [5.41, 5.74) is 1.60. The zero-order valence-electron chi connectivity index (χ0n) is 18.9. The minimum absolute atomic E-state index is 0.0977. The third-order valence-electron chi connectivity index (χ3n) is 5.66. The second-order valence-corrected chi connectivity index (χ2v) is 10.8. The molecule has 0 fully saturated rings. The van der Waals surface area contributed by atoms with Crippen molar-refractivity contribution in [2.45, 2.75) is 17.7 Å². The number of aryl methyl sites for hydroxylation is 1. The molecule has 0 saturated carbocycles. The van der Waals surface area contributed by atoms with Crippen molar-refractivity contribution in [3.8, 4) is 0 Å². The number of sulfonamides is 1. The number of carboxylic acid groups (broad SMARTS) is 1. The van der Waals surface area contributed by atoms with E-state index in [0.717, 1.165) is 9.87 Å². The van der Waals surface area contributed by atoms with Crippen LogP contribution in [-0.4, -0.2) is 31.8 Å². The summed E-state index contributed by atoms with van der Waals surface area (Å²) in [6.45, 7) is -0.836. The highest BCUT2D eigenvalue weighted by atomic mass is 35.5. The van der Waals surface area contributed by atoms with E-state index in [1.165, 1.54) is 24.3 Å². The number of halogens is 2. The first-order chi connectivity index (χ1) is 17.2. The van der Waals surface area contributed by atoms with Crippen LogP contribution in [0.4, 0.5) is 5.69 Å². The number of carbonyl (C=O) groups is 2. The summed E-state index contributed by atoms with van der Waals surface area (Å²) in [7, 11) is -4.37. The first kappa shape index (κ1) is 25.7. The van der Waals surface area contributed by atoms with Crippen LogP contribution in [0.3, 0.4) is 0 Å². The molecule has 9 heteroatoms. The van der Waals surface area contributed by atoms with Crippen LogP contribution in [0.2, 0.25) is 10.0 Å². The molecule has 4 aromatic rings. The second kappa shape index (κ2) is 10.7. The molecule has 0 amide bonds. The van der Waals surface area contributed by atoms with Gasteiger partial charge < -0.3 is 5.11 Å². The van der Waals surface area contributed by atoms with Crippen LogP contribution in [0.5, 0.6) is 0 Å². The van der Waals surface area contributed by atoms with Gasteiger partial charge in [0, 0.05) is 27.4 Å². The first-order valence-corrected chi connectivity index (χ1v) is 13.2. The summed E-state index contributed by atoms with van der Waals surface area (Å²) >= 11 is 12.0. The number of anilines is 1. The number of nitrogens with zero attached hydrogens (tertiary/aromatic N) is 1. The fourth-order valence-corrected chi connectivity index (χ4v) is 6.17. The molecule has 0 aliphatic rings. The molecule has 4 aromatic carbocycles. The third-order valence-corrected chi connectivity index (χ3v) is 7.83. The van der Waals surface area contributed by atoms with Crippen molar-refractivity contribution in [1.29, 1.82) is 0 Å². The maximum atomic E-state index is 13.6. The van der Waals surface area contributed by atoms with Gasteiger partial charge in [0.15, 0.2) is 5.78 Å². The standard InChI is InChI=1S/C27H21Cl2NO5S/c28-19-14-20(29)16-21(15-19)36(34,35)30(17-27(32)33)25-12-11-24(22-8-4-5-9-23(22)25)26(31)13-10-18-6-2-1-3-7-18/h1-9,11-12,14-16H,10,13,17H2,(H,32,33). The number of rotatable bonds is 9. The predicted molar refractivity (Wildman–Crippen MR) is 142 cm³/mol. The molecule has 0 spiro atoms. The van der Waals surface area contributed by atoms with Crippen LogP contribution >= 0.6 is 23.2 Å². The Kier molecular flexibility index (Phi) is 7.64. The van der Waals surface area contributed by atoms with E-state index >= 15 is 0 Å². The van der Waals surface area contributed by atoms with Crippen molar-refractivity contribution in [2.24, 2.45) is 0 Å². The van der Waals surface area contributed by atoms with Crippen LogP contribution in [0.15, 0.2) is 89.8 Å². The van der Waals surface area contributed by atoms with Gasteiger partial charge in [-0.3, -0.25) is 13.9 Å². The molecule has 0 heterocycles. The number of hydrogen-bond donors (Lipinski definition) is 1. The molecule has 0 atom stereocenters. The van der Waals surface area contributed by atoms with Gasteiger partial charge >= 0.3 is 5.97 Å². The zero-order chi connectivity index (χ0) is 25.9. The van der Waals surface area contributed by atoms with E-state index in [2.05, 4.69) is 0 Å². The second-order valence-electron chi connectivity index (χ2n) is 8.10. The van der Waals surface area contributed by atoms with Gasteiger partial charge in [0.25, 0.3) is 10.0 Å². The molecule has 1 N–H and O–H groups in total. The lowest BCUT2D eigenvalue weighted by Gasteiger charge is -2.25. The van der Waals surface area contributed by atoms with E-state index in [1.54, 1.807) is 30.3 Å². The van der Waals surface area contributed by atoms with Crippen LogP contribution in [0.1, 0.15) is 22.3 Å². The van der Waals surface area contributed by atoms with E-state index in [-0.39, 0.29) is 32.8 Å². The Bertz CT molecular complexity index is 1540. The van der Waals surface area contributed by atoms with Crippen molar-refractivity contribution in [2.75, 3.05) is 10.8 Å². The van der Waals surface area contributed by atoms with Gasteiger partial charge in [0.1, 0.15) is 6.54 Å². The van der Waals surface area contributed by atoms with E-state index in [4.69, 9.17) is 23.2 Å². The number of Topliss-reactive ketones (excluding diaryl/α,β-unsaturated/α-hetero) is 1. The molecule has 0 unspecified atom stereocenters. The van der Waals surface area contributed by atoms with Crippen molar-refractivity contribution in [3.63, 3.8) is 0 Å². The number of carboxylic acids is 1. The summed E-state index contributed by atoms with van der Waals surface area (Å²) in [4.78, 5) is 24.6. The van der Waals surface area contributed by atoms with Gasteiger partial charge in [0.2, 0.25) is 0 Å². The van der Waals surface area contributed by atoms with Crippen LogP contribution in [0, 0.1) is 0 Å². The average molecular weight is 542 g/mol. The van der Waals surface area contributed by atoms with Crippen molar-refractivity contribution in [3.05, 3.63) is 106 Å². The van der Waals surface area contributed by atoms with Crippen LogP contribution in [0.25, 0.3) is 10.8 Å². The lowest BCUT2D eigenvalue weighted by Crippen LogP contribution is -2.36. The summed E-state index contributed by atoms with van der Waals surface area (Å²) in [5, 5.41) is 10.7. The van der Waals surface area contributed by atoms with Gasteiger partial charge in [-0.15, -0.1) is 0 Å². The fraction of sp³-hybridized carbons (Fsp3) is 0.111. The van der Waals surface area contributed by atoms with Gasteiger partial charge in [-0.05, 0) is 47.7 Å². The molecule has 36 heavy (non-hydrogen) atoms. The Hall–Kier alpha value is -3.39. The minimum atomic E-state index is -4.37. The molecule has 184 valence electrons. The van der Waals surface area contributed by atoms with Crippen molar-refractivity contribution in [1.82, 2.24) is 0 Å². The number of benzene rings is 4. The minimum Gasteiger partial charge on any atom is -0.480 e. The largest absolute Gasteiger partial charge is 0.480 e. The lowest BCUT2D eigenvalue weighted by atomic mass is 9.96. The molecule has 0 radical (unpaired) electrons. The summed E-state index contributed by atoms with van der Waals surface area (Å²) in [6.07, 6.45) is 0.830. The molecule has 0 bridgehead atoms. The number of hydrogen-bond acceptors (Lipinski definition) is 4. The number of fused-ring (bicyclic) bond motifs is 1. The van der Waals surface area contributed by atoms with E-state index < -0.39 is 22.5 Å². The zero-order valence-corrected chi connectivity index (χ0v) is 21.2. The van der Waals surface area contributed by atoms with Crippen LogP contribution in [-0.2, 0) is 21.2 Å². The number of aliphatic carboxylic acids is 1. The predicted octanol–water partition coefficient (Wildman–Crippen LogP) is 6.24. The molecular formula is C27H21Cl2NO5S. The van der Waals surface area contributed by atoms with Crippen molar-refractivity contribution < 1.29 is 23.1 Å². The SMILES string of the molecule is O=C(O)CN(c1ccc(C(=O)CCc2ccccc2)c2ccccc12)S(=O)(=O)c1cc(Cl)cc(Cl)c1. The topological polar surface area (TPSA) is 91.8 Å². The lowest BCUT2D eigenvalue weighted by molar-refractivity contribution is -0.135. The maximum Gasteiger partial charge on any atom is 0.324 e. The Morgan fingerprint density at radius 2 is 1.42 bits per heavy atom. The maximum absolute atomic E-state index is 13.6. The Morgan fingerprint density at radius 1 is 0.806 bits per heavy atom. The third kappa shape index (κ3) is 5.54. The smallest absolute Gasteiger partial charge is 0.324 e. The van der Waals surface area contributed by atoms with Gasteiger partial charge in [-0.2, -0.15) is 0 Å². The Balaban J connectivity index is 1.79. The summed E-state index contributed by atoms with van der Waals surface area (Å²) in [5.74, 6) is -1.45. The molecule has 0 aromatic heterocycles. The van der Waals surface area contributed by atoms with Crippen LogP contribution < -0.4 is 4.31 Å². The van der Waals surface area contributed by atoms with Gasteiger partial charge in [0.05, 0.1) is 10.6 Å². The molecule has 6 nitrogen and oxygen atoms in total. The average Bonchev–Trinajstić information content (AvgIpc) is 2.85. The number of ketones is 1. The van der Waals surface area contributed by atoms with E-state index in [1.807, 2.05) is 30.3 Å². The highest BCUT2D eigenvalue weighted by molar-refractivity contribution is 7.92. The highest BCUT2D eigenvalue weighted by Crippen LogP contribution is 2.35. The summed E-state index contributed by atoms with van der Waals surface area (Å²) in [6, 6.07) is 23.3. The Labute approximate surface area is 218 Å². The summed E-state index contributed by atoms with van der Waals surface area (Å²) < 4.78 is 27.9.